The monoisotopic (exact) mass is 463 g/mol. The molecule has 1 aromatic carbocycles. The second-order valence-corrected chi connectivity index (χ2v) is 8.50. The highest BCUT2D eigenvalue weighted by atomic mass is 79.9. The van der Waals surface area contributed by atoms with Crippen molar-refractivity contribution in [2.24, 2.45) is 5.92 Å². The number of hydrogen-bond donors (Lipinski definition) is 2. The molecule has 1 aliphatic rings. The van der Waals surface area contributed by atoms with E-state index < -0.39 is 0 Å². The van der Waals surface area contributed by atoms with Crippen molar-refractivity contribution < 1.29 is 9.18 Å². The summed E-state index contributed by atoms with van der Waals surface area (Å²) in [7, 11) is 0. The Labute approximate surface area is 178 Å². The van der Waals surface area contributed by atoms with Crippen LogP contribution in [0.4, 0.5) is 4.39 Å². The zero-order chi connectivity index (χ0) is 21.1. The summed E-state index contributed by atoms with van der Waals surface area (Å²) in [5, 5.41) is 3.09. The number of pyridine rings is 1. The summed E-state index contributed by atoms with van der Waals surface area (Å²) in [5.41, 5.74) is 5.23. The van der Waals surface area contributed by atoms with Crippen LogP contribution in [0.25, 0.3) is 0 Å². The Kier molecular flexibility index (Phi) is 6.77. The fourth-order valence-electron chi connectivity index (χ4n) is 3.57. The Morgan fingerprint density at radius 2 is 2.07 bits per heavy atom. The van der Waals surface area contributed by atoms with Gasteiger partial charge in [0.15, 0.2) is 0 Å². The molecule has 1 fully saturated rings. The van der Waals surface area contributed by atoms with Gasteiger partial charge in [0.25, 0.3) is 11.5 Å². The molecule has 2 aromatic rings. The zero-order valence-electron chi connectivity index (χ0n) is 17.0. The molecule has 1 atom stereocenters. The topological polar surface area (TPSA) is 63.1 Å². The summed E-state index contributed by atoms with van der Waals surface area (Å²) in [5.74, 6) is -0.0229. The number of carbonyl (C=O) groups is 1. The molecule has 0 radical (unpaired) electrons. The fraction of sp³-hybridized carbons (Fsp3) is 0.455. The number of hydrogen-bond acceptors (Lipinski definition) is 3. The summed E-state index contributed by atoms with van der Waals surface area (Å²) in [6, 6.07) is 6.12. The summed E-state index contributed by atoms with van der Waals surface area (Å²) >= 11 is 3.34. The average molecular weight is 464 g/mol. The van der Waals surface area contributed by atoms with Gasteiger partial charge in [-0.1, -0.05) is 31.9 Å². The van der Waals surface area contributed by atoms with Crippen molar-refractivity contribution in [3.05, 3.63) is 67.3 Å². The van der Waals surface area contributed by atoms with Gasteiger partial charge in [-0.25, -0.2) is 9.07 Å². The maximum absolute atomic E-state index is 13.8. The highest BCUT2D eigenvalue weighted by molar-refractivity contribution is 9.10. The number of rotatable bonds is 8. The van der Waals surface area contributed by atoms with E-state index in [9.17, 15) is 14.0 Å². The van der Waals surface area contributed by atoms with Gasteiger partial charge in [0.2, 0.25) is 0 Å². The summed E-state index contributed by atoms with van der Waals surface area (Å²) < 4.78 is 15.6. The first-order chi connectivity index (χ1) is 13.8. The smallest absolute Gasteiger partial charge is 0.283 e. The van der Waals surface area contributed by atoms with E-state index in [2.05, 4.69) is 26.7 Å². The molecule has 156 valence electrons. The normalized spacial score (nSPS) is 14.5. The van der Waals surface area contributed by atoms with Crippen LogP contribution < -0.4 is 16.3 Å². The van der Waals surface area contributed by atoms with E-state index in [1.165, 1.54) is 16.8 Å². The van der Waals surface area contributed by atoms with Crippen LogP contribution in [0.5, 0.6) is 0 Å². The summed E-state index contributed by atoms with van der Waals surface area (Å²) in [6.07, 6.45) is 3.90. The molecule has 1 saturated carbocycles. The van der Waals surface area contributed by atoms with Crippen molar-refractivity contribution in [1.82, 2.24) is 9.99 Å². The minimum atomic E-state index is -0.315. The van der Waals surface area contributed by atoms with Crippen molar-refractivity contribution in [3.8, 4) is 0 Å². The molecule has 2 N–H and O–H groups in total. The van der Waals surface area contributed by atoms with Crippen LogP contribution in [-0.4, -0.2) is 17.1 Å². The van der Waals surface area contributed by atoms with Crippen molar-refractivity contribution in [2.45, 2.75) is 52.5 Å². The molecular weight excluding hydrogens is 437 g/mol. The van der Waals surface area contributed by atoms with Crippen LogP contribution in [0.1, 0.15) is 65.8 Å². The molecule has 1 aliphatic carbocycles. The number of aromatic nitrogens is 1. The average Bonchev–Trinajstić information content (AvgIpc) is 3.50. The van der Waals surface area contributed by atoms with Crippen molar-refractivity contribution in [3.63, 3.8) is 0 Å². The molecule has 29 heavy (non-hydrogen) atoms. The van der Waals surface area contributed by atoms with Crippen LogP contribution >= 0.6 is 15.9 Å². The van der Waals surface area contributed by atoms with Gasteiger partial charge >= 0.3 is 0 Å². The number of carbonyl (C=O) groups excluding carboxylic acids is 1. The van der Waals surface area contributed by atoms with E-state index >= 15 is 0 Å². The lowest BCUT2D eigenvalue weighted by atomic mass is 9.99. The Balaban J connectivity index is 1.95. The Morgan fingerprint density at radius 3 is 2.69 bits per heavy atom. The lowest BCUT2D eigenvalue weighted by Crippen LogP contribution is -2.37. The van der Waals surface area contributed by atoms with Crippen molar-refractivity contribution >= 4 is 21.8 Å². The van der Waals surface area contributed by atoms with Crippen molar-refractivity contribution in [2.75, 3.05) is 12.0 Å². The molecule has 1 heterocycles. The molecule has 0 saturated heterocycles. The third-order valence-corrected chi connectivity index (χ3v) is 6.30. The van der Waals surface area contributed by atoms with E-state index in [4.69, 9.17) is 0 Å². The molecule has 0 bridgehead atoms. The molecule has 3 rings (SSSR count). The minimum absolute atomic E-state index is 0.218. The van der Waals surface area contributed by atoms with Gasteiger partial charge in [0.05, 0.1) is 21.8 Å². The first kappa shape index (κ1) is 21.6. The molecule has 1 amide bonds. The van der Waals surface area contributed by atoms with Crippen molar-refractivity contribution in [1.29, 1.82) is 0 Å². The van der Waals surface area contributed by atoms with E-state index in [1.807, 2.05) is 13.0 Å². The maximum atomic E-state index is 13.8. The number of nitrogens with zero attached hydrogens (tertiary/aromatic N) is 1. The van der Waals surface area contributed by atoms with E-state index in [1.54, 1.807) is 19.9 Å². The van der Waals surface area contributed by atoms with Gasteiger partial charge in [-0.3, -0.25) is 9.59 Å². The molecular formula is C22H27BrFN3O2. The second-order valence-electron chi connectivity index (χ2n) is 7.71. The van der Waals surface area contributed by atoms with Gasteiger partial charge in [-0.2, -0.15) is 0 Å². The quantitative estimate of drug-likeness (QED) is 0.601. The second kappa shape index (κ2) is 9.11. The highest BCUT2D eigenvalue weighted by Gasteiger charge is 2.29. The van der Waals surface area contributed by atoms with Gasteiger partial charge in [0, 0.05) is 6.54 Å². The van der Waals surface area contributed by atoms with Gasteiger partial charge < -0.3 is 10.7 Å². The largest absolute Gasteiger partial charge is 0.345 e. The number of nitrogens with one attached hydrogen (secondary N) is 2. The third-order valence-electron chi connectivity index (χ3n) is 5.36. The van der Waals surface area contributed by atoms with Gasteiger partial charge in [-0.15, -0.1) is 0 Å². The molecule has 1 unspecified atom stereocenters. The van der Waals surface area contributed by atoms with Crippen LogP contribution in [0, 0.1) is 25.6 Å². The standard InChI is InChI=1S/C22H27BrFN3O2/c1-4-10-25-27-14(3)19(13(2)20(23)22(27)29)21(28)26-18(11-15-8-9-15)16-6-5-7-17(24)12-16/h5-7,12,15,18,25H,4,8-11H2,1-3H3,(H,26,28). The Morgan fingerprint density at radius 1 is 1.34 bits per heavy atom. The third kappa shape index (κ3) is 4.89. The summed E-state index contributed by atoms with van der Waals surface area (Å²) in [6.45, 7) is 6.14. The van der Waals surface area contributed by atoms with Crippen LogP contribution in [0.3, 0.4) is 0 Å². The number of halogens is 2. The molecule has 0 spiro atoms. The van der Waals surface area contributed by atoms with Crippen LogP contribution in [-0.2, 0) is 0 Å². The number of benzene rings is 1. The van der Waals surface area contributed by atoms with Gasteiger partial charge in [0.1, 0.15) is 5.82 Å². The molecule has 0 aliphatic heterocycles. The van der Waals surface area contributed by atoms with E-state index in [0.717, 1.165) is 31.2 Å². The first-order valence-corrected chi connectivity index (χ1v) is 10.8. The first-order valence-electron chi connectivity index (χ1n) is 10.0. The lowest BCUT2D eigenvalue weighted by molar-refractivity contribution is 0.0931. The summed E-state index contributed by atoms with van der Waals surface area (Å²) in [4.78, 5) is 25.9. The number of amides is 1. The molecule has 7 heteroatoms. The maximum Gasteiger partial charge on any atom is 0.283 e. The molecule has 5 nitrogen and oxygen atoms in total. The molecule has 1 aromatic heterocycles. The van der Waals surface area contributed by atoms with Crippen LogP contribution in [0.2, 0.25) is 0 Å². The predicted octanol–water partition coefficient (Wildman–Crippen LogP) is 4.59. The zero-order valence-corrected chi connectivity index (χ0v) is 18.6. The van der Waals surface area contributed by atoms with E-state index in [-0.39, 0.29) is 23.3 Å². The van der Waals surface area contributed by atoms with Crippen LogP contribution in [0.15, 0.2) is 33.5 Å². The SMILES string of the molecule is CCCNn1c(C)c(C(=O)NC(CC2CC2)c2cccc(F)c2)c(C)c(Br)c1=O. The lowest BCUT2D eigenvalue weighted by Gasteiger charge is -2.23. The minimum Gasteiger partial charge on any atom is -0.345 e. The Hall–Kier alpha value is -2.15. The van der Waals surface area contributed by atoms with E-state index in [0.29, 0.717) is 33.8 Å². The Bertz CT molecular complexity index is 969. The fourth-order valence-corrected chi connectivity index (χ4v) is 3.95. The van der Waals surface area contributed by atoms with Gasteiger partial charge in [-0.05, 0) is 71.8 Å². The highest BCUT2D eigenvalue weighted by Crippen LogP contribution is 2.38. The predicted molar refractivity (Wildman–Crippen MR) is 116 cm³/mol.